The van der Waals surface area contributed by atoms with Crippen LogP contribution in [0.15, 0.2) is 12.2 Å². The van der Waals surface area contributed by atoms with Gasteiger partial charge < -0.3 is 39.4 Å². The van der Waals surface area contributed by atoms with Crippen LogP contribution < -0.4 is 0 Å². The van der Waals surface area contributed by atoms with Crippen LogP contribution in [-0.2, 0) is 38.1 Å². The molecule has 0 aromatic rings. The maximum Gasteiger partial charge on any atom is 0.308 e. The molecular formula is C29H48O12. The van der Waals surface area contributed by atoms with Gasteiger partial charge in [-0.2, -0.15) is 0 Å². The van der Waals surface area contributed by atoms with E-state index in [9.17, 15) is 39.6 Å². The molecule has 1 aliphatic carbocycles. The second-order valence-electron chi connectivity index (χ2n) is 12.4. The van der Waals surface area contributed by atoms with E-state index in [1.165, 1.54) is 20.8 Å². The van der Waals surface area contributed by atoms with Crippen LogP contribution in [0, 0.1) is 23.7 Å². The van der Waals surface area contributed by atoms with Crippen molar-refractivity contribution in [2.24, 2.45) is 23.7 Å². The van der Waals surface area contributed by atoms with Gasteiger partial charge in [-0.05, 0) is 26.3 Å². The van der Waals surface area contributed by atoms with Crippen LogP contribution in [-0.4, -0.2) is 92.1 Å². The molecule has 0 heterocycles. The summed E-state index contributed by atoms with van der Waals surface area (Å²) >= 11 is 0. The normalized spacial score (nSPS) is 28.2. The van der Waals surface area contributed by atoms with E-state index in [2.05, 4.69) is 6.58 Å². The third-order valence-electron chi connectivity index (χ3n) is 7.04. The summed E-state index contributed by atoms with van der Waals surface area (Å²) in [7, 11) is 0. The molecule has 4 N–H and O–H groups in total. The van der Waals surface area contributed by atoms with Gasteiger partial charge in [0.25, 0.3) is 0 Å². The van der Waals surface area contributed by atoms with Gasteiger partial charge in [0.1, 0.15) is 17.8 Å². The molecule has 12 heteroatoms. The molecular weight excluding hydrogens is 540 g/mol. The first-order valence-corrected chi connectivity index (χ1v) is 13.8. The van der Waals surface area contributed by atoms with Crippen molar-refractivity contribution < 1.29 is 58.6 Å². The number of hydrogen-bond donors (Lipinski definition) is 4. The predicted octanol–water partition coefficient (Wildman–Crippen LogP) is 1.44. The number of aliphatic hydroxyl groups is 4. The third kappa shape index (κ3) is 9.22. The Morgan fingerprint density at radius 3 is 1.76 bits per heavy atom. The summed E-state index contributed by atoms with van der Waals surface area (Å²) in [6.07, 6.45) is -9.94. The van der Waals surface area contributed by atoms with Gasteiger partial charge in [0.05, 0.1) is 35.4 Å². The number of ether oxygens (including phenoxy) is 4. The second-order valence-corrected chi connectivity index (χ2v) is 12.4. The molecule has 0 aliphatic heterocycles. The first-order valence-electron chi connectivity index (χ1n) is 13.8. The fourth-order valence-electron chi connectivity index (χ4n) is 4.32. The molecule has 0 saturated heterocycles. The Labute approximate surface area is 242 Å². The maximum atomic E-state index is 12.8. The highest BCUT2D eigenvalue weighted by atomic mass is 16.6. The van der Waals surface area contributed by atoms with Gasteiger partial charge in [0, 0.05) is 13.3 Å². The highest BCUT2D eigenvalue weighted by Gasteiger charge is 2.63. The van der Waals surface area contributed by atoms with E-state index in [0.717, 1.165) is 6.92 Å². The van der Waals surface area contributed by atoms with Crippen molar-refractivity contribution in [1.82, 2.24) is 0 Å². The van der Waals surface area contributed by atoms with E-state index >= 15 is 0 Å². The lowest BCUT2D eigenvalue weighted by atomic mass is 9.67. The van der Waals surface area contributed by atoms with E-state index in [0.29, 0.717) is 0 Å². The smallest absolute Gasteiger partial charge is 0.308 e. The SMILES string of the molecule is C=C(C(CC(O)C(C)(C)O)OC(=O)C(C)C)C1C(O)C(OC(=O)C(C)C)C(C)(O)C(OC(C)=O)C1OC(=O)C(C)C. The minimum absolute atomic E-state index is 0.0883. The lowest BCUT2D eigenvalue weighted by Gasteiger charge is -2.52. The monoisotopic (exact) mass is 588 g/mol. The summed E-state index contributed by atoms with van der Waals surface area (Å²) in [5.74, 6) is -6.48. The predicted molar refractivity (Wildman–Crippen MR) is 146 cm³/mol. The van der Waals surface area contributed by atoms with Gasteiger partial charge in [-0.15, -0.1) is 0 Å². The Hall–Kier alpha value is -2.54. The largest absolute Gasteiger partial charge is 0.458 e. The molecule has 236 valence electrons. The Bertz CT molecular complexity index is 961. The van der Waals surface area contributed by atoms with Crippen molar-refractivity contribution in [2.75, 3.05) is 0 Å². The number of carbonyl (C=O) groups excluding carboxylic acids is 4. The zero-order valence-electron chi connectivity index (χ0n) is 25.7. The van der Waals surface area contributed by atoms with Crippen LogP contribution in [0.3, 0.4) is 0 Å². The van der Waals surface area contributed by atoms with Gasteiger partial charge in [-0.25, -0.2) is 0 Å². The van der Waals surface area contributed by atoms with Crippen LogP contribution in [0.5, 0.6) is 0 Å². The number of carbonyl (C=O) groups is 4. The van der Waals surface area contributed by atoms with Crippen molar-refractivity contribution in [3.63, 3.8) is 0 Å². The zero-order valence-corrected chi connectivity index (χ0v) is 25.7. The van der Waals surface area contributed by atoms with Crippen molar-refractivity contribution in [3.8, 4) is 0 Å². The Balaban J connectivity index is 3.85. The maximum absolute atomic E-state index is 12.8. The average Bonchev–Trinajstić information content (AvgIpc) is 2.82. The van der Waals surface area contributed by atoms with Crippen LogP contribution in [0.1, 0.15) is 75.7 Å². The van der Waals surface area contributed by atoms with Crippen molar-refractivity contribution >= 4 is 23.9 Å². The average molecular weight is 589 g/mol. The Morgan fingerprint density at radius 2 is 1.34 bits per heavy atom. The quantitative estimate of drug-likeness (QED) is 0.146. The number of esters is 4. The van der Waals surface area contributed by atoms with Gasteiger partial charge in [0.15, 0.2) is 18.3 Å². The summed E-state index contributed by atoms with van der Waals surface area (Å²) in [4.78, 5) is 50.3. The summed E-state index contributed by atoms with van der Waals surface area (Å²) in [6.45, 7) is 18.3. The van der Waals surface area contributed by atoms with Crippen LogP contribution >= 0.6 is 0 Å². The number of hydrogen-bond acceptors (Lipinski definition) is 12. The fourth-order valence-corrected chi connectivity index (χ4v) is 4.32. The second kappa shape index (κ2) is 14.1. The van der Waals surface area contributed by atoms with Crippen molar-refractivity contribution in [3.05, 3.63) is 12.2 Å². The topological polar surface area (TPSA) is 186 Å². The van der Waals surface area contributed by atoms with E-state index in [1.807, 2.05) is 0 Å². The first-order chi connectivity index (χ1) is 18.5. The third-order valence-corrected chi connectivity index (χ3v) is 7.04. The van der Waals surface area contributed by atoms with Gasteiger partial charge >= 0.3 is 23.9 Å². The molecule has 0 aromatic carbocycles. The Morgan fingerprint density at radius 1 is 0.878 bits per heavy atom. The minimum atomic E-state index is -2.26. The van der Waals surface area contributed by atoms with Gasteiger partial charge in [0.2, 0.25) is 0 Å². The molecule has 1 rings (SSSR count). The molecule has 1 aliphatic rings. The van der Waals surface area contributed by atoms with E-state index in [4.69, 9.17) is 18.9 Å². The number of rotatable bonds is 12. The molecule has 8 unspecified atom stereocenters. The first kappa shape index (κ1) is 36.5. The van der Waals surface area contributed by atoms with Crippen molar-refractivity contribution in [2.45, 2.75) is 123 Å². The standard InChI is InChI=1S/C29H48O12/c1-13(2)25(33)39-18(12-19(31)28(9,10)36)16(7)20-21(32)23(41-27(35)15(5)6)29(11,37)24(38-17(8)30)22(20)40-26(34)14(3)4/h13-15,18-24,31-32,36-37H,7,12H2,1-6,8-11H3. The van der Waals surface area contributed by atoms with Gasteiger partial charge in [-0.1, -0.05) is 48.1 Å². The fraction of sp³-hybridized carbons (Fsp3) is 0.793. The number of aliphatic hydroxyl groups excluding tert-OH is 2. The summed E-state index contributed by atoms with van der Waals surface area (Å²) in [5, 5.41) is 44.3. The molecule has 0 bridgehead atoms. The molecule has 41 heavy (non-hydrogen) atoms. The molecule has 1 saturated carbocycles. The lowest BCUT2D eigenvalue weighted by Crippen LogP contribution is -2.71. The van der Waals surface area contributed by atoms with Crippen LogP contribution in [0.4, 0.5) is 0 Å². The highest BCUT2D eigenvalue weighted by molar-refractivity contribution is 5.73. The van der Waals surface area contributed by atoms with E-state index in [-0.39, 0.29) is 12.0 Å². The molecule has 0 radical (unpaired) electrons. The Kier molecular flexibility index (Phi) is 12.5. The minimum Gasteiger partial charge on any atom is -0.458 e. The van der Waals surface area contributed by atoms with Crippen LogP contribution in [0.2, 0.25) is 0 Å². The molecule has 0 spiro atoms. The zero-order chi connectivity index (χ0) is 32.2. The summed E-state index contributed by atoms with van der Waals surface area (Å²) in [5.41, 5.74) is -3.98. The van der Waals surface area contributed by atoms with Crippen LogP contribution in [0.25, 0.3) is 0 Å². The summed E-state index contributed by atoms with van der Waals surface area (Å²) < 4.78 is 22.2. The molecule has 0 aromatic heterocycles. The van der Waals surface area contributed by atoms with Gasteiger partial charge in [-0.3, -0.25) is 19.2 Å². The lowest BCUT2D eigenvalue weighted by molar-refractivity contribution is -0.264. The van der Waals surface area contributed by atoms with E-state index in [1.54, 1.807) is 41.5 Å². The molecule has 0 amide bonds. The van der Waals surface area contributed by atoms with Crippen molar-refractivity contribution in [1.29, 1.82) is 0 Å². The molecule has 1 fully saturated rings. The van der Waals surface area contributed by atoms with E-state index < -0.39 is 95.4 Å². The highest BCUT2D eigenvalue weighted by Crippen LogP contribution is 2.43. The summed E-state index contributed by atoms with van der Waals surface area (Å²) in [6, 6.07) is 0. The molecule has 12 nitrogen and oxygen atoms in total. The molecule has 8 atom stereocenters.